The normalized spacial score (nSPS) is 41.3. The number of amides is 1. The second-order valence-corrected chi connectivity index (χ2v) is 4.82. The van der Waals surface area contributed by atoms with Gasteiger partial charge in [0.25, 0.3) is 0 Å². The molecule has 1 aliphatic rings. The maximum absolute atomic E-state index is 10.8. The molecule has 0 aromatic heterocycles. The van der Waals surface area contributed by atoms with Crippen LogP contribution in [0.3, 0.4) is 0 Å². The molecular weight excluding hydrogens is 222 g/mol. The quantitative estimate of drug-likeness (QED) is 0.367. The maximum Gasteiger partial charge on any atom is 0.217 e. The van der Waals surface area contributed by atoms with E-state index in [0.29, 0.717) is 0 Å². The lowest BCUT2D eigenvalue weighted by Gasteiger charge is -2.39. The van der Waals surface area contributed by atoms with Crippen LogP contribution in [0.5, 0.6) is 0 Å². The molecule has 1 fully saturated rings. The fourth-order valence-electron chi connectivity index (χ4n) is 1.49. The van der Waals surface area contributed by atoms with Crippen LogP contribution >= 0.6 is 11.8 Å². The predicted molar refractivity (Wildman–Crippen MR) is 54.1 cm³/mol. The van der Waals surface area contributed by atoms with Gasteiger partial charge in [-0.3, -0.25) is 4.79 Å². The number of aliphatic hydroxyl groups excluding tert-OH is 4. The van der Waals surface area contributed by atoms with Crippen LogP contribution in [0.2, 0.25) is 0 Å². The Balaban J connectivity index is 2.70. The lowest BCUT2D eigenvalue weighted by molar-refractivity contribution is -0.122. The first kappa shape index (κ1) is 12.7. The van der Waals surface area contributed by atoms with Gasteiger partial charge in [0.2, 0.25) is 5.91 Å². The molecule has 1 saturated heterocycles. The van der Waals surface area contributed by atoms with Gasteiger partial charge in [0.1, 0.15) is 11.5 Å². The van der Waals surface area contributed by atoms with E-state index in [1.807, 2.05) is 0 Å². The Bertz CT molecular complexity index is 239. The fraction of sp³-hybridized carbons (Fsp3) is 0.875. The van der Waals surface area contributed by atoms with Crippen LogP contribution in [0.4, 0.5) is 0 Å². The van der Waals surface area contributed by atoms with E-state index >= 15 is 0 Å². The minimum Gasteiger partial charge on any atom is -0.395 e. The Hall–Kier alpha value is -0.340. The largest absolute Gasteiger partial charge is 0.395 e. The second-order valence-electron chi connectivity index (χ2n) is 3.46. The molecule has 1 heterocycles. The van der Waals surface area contributed by atoms with Crippen molar-refractivity contribution in [1.82, 2.24) is 5.32 Å². The third-order valence-electron chi connectivity index (χ3n) is 2.27. The van der Waals surface area contributed by atoms with Crippen LogP contribution < -0.4 is 5.32 Å². The van der Waals surface area contributed by atoms with Crippen molar-refractivity contribution in [2.45, 2.75) is 35.9 Å². The van der Waals surface area contributed by atoms with Crippen LogP contribution in [0.15, 0.2) is 0 Å². The van der Waals surface area contributed by atoms with Gasteiger partial charge in [0.15, 0.2) is 0 Å². The molecule has 1 rings (SSSR count). The number of aliphatic hydroxyl groups is 4. The van der Waals surface area contributed by atoms with E-state index in [4.69, 9.17) is 5.11 Å². The number of hydrogen-bond acceptors (Lipinski definition) is 6. The summed E-state index contributed by atoms with van der Waals surface area (Å²) >= 11 is 0.929. The van der Waals surface area contributed by atoms with Crippen LogP contribution in [-0.2, 0) is 4.79 Å². The van der Waals surface area contributed by atoms with Crippen molar-refractivity contribution >= 4 is 17.7 Å². The third kappa shape index (κ3) is 2.82. The van der Waals surface area contributed by atoms with Gasteiger partial charge in [-0.2, -0.15) is 0 Å². The van der Waals surface area contributed by atoms with E-state index in [9.17, 15) is 20.1 Å². The van der Waals surface area contributed by atoms with E-state index in [1.54, 1.807) is 0 Å². The Kier molecular flexibility index (Phi) is 4.35. The molecule has 3 unspecified atom stereocenters. The van der Waals surface area contributed by atoms with E-state index in [2.05, 4.69) is 5.32 Å². The third-order valence-corrected chi connectivity index (χ3v) is 3.62. The number of rotatable bonds is 2. The summed E-state index contributed by atoms with van der Waals surface area (Å²) in [6.07, 6.45) is -2.44. The van der Waals surface area contributed by atoms with Gasteiger partial charge in [-0.1, -0.05) is 0 Å². The van der Waals surface area contributed by atoms with Gasteiger partial charge in [-0.25, -0.2) is 0 Å². The minimum absolute atomic E-state index is 0.341. The summed E-state index contributed by atoms with van der Waals surface area (Å²) in [4.78, 5) is 10.8. The second kappa shape index (κ2) is 5.13. The highest BCUT2D eigenvalue weighted by atomic mass is 32.2. The van der Waals surface area contributed by atoms with Crippen LogP contribution in [0.25, 0.3) is 0 Å². The molecule has 0 spiro atoms. The molecule has 0 radical (unpaired) electrons. The molecule has 5 N–H and O–H groups in total. The molecule has 0 bridgehead atoms. The maximum atomic E-state index is 10.8. The first-order chi connectivity index (χ1) is 6.97. The monoisotopic (exact) mass is 237 g/mol. The average Bonchev–Trinajstić information content (AvgIpc) is 2.18. The zero-order valence-corrected chi connectivity index (χ0v) is 9.02. The molecular formula is C8H15NO5S. The summed E-state index contributed by atoms with van der Waals surface area (Å²) in [5.41, 5.74) is -1.04. The van der Waals surface area contributed by atoms with Gasteiger partial charge < -0.3 is 25.7 Å². The summed E-state index contributed by atoms with van der Waals surface area (Å²) in [5.74, 6) is -0.395. The predicted octanol–water partition coefficient (Wildman–Crippen LogP) is -2.36. The standard InChI is InChI=1S/C8H15NO5S/c1-3(11)9-5-7(13)6(12)4(2-10)15-8(5)14/h4-8,10,12-14H,2H2,1H3,(H,9,11)/t4?,5-,6-,7?,8?/m1/s1. The molecule has 0 aromatic carbocycles. The SMILES string of the molecule is CC(=O)N[C@H]1C(O)SC(CO)[C@@H](O)C1O. The van der Waals surface area contributed by atoms with Crippen molar-refractivity contribution in [3.63, 3.8) is 0 Å². The van der Waals surface area contributed by atoms with Crippen LogP contribution in [0.1, 0.15) is 6.92 Å². The van der Waals surface area contributed by atoms with E-state index in [-0.39, 0.29) is 6.61 Å². The summed E-state index contributed by atoms with van der Waals surface area (Å²) in [7, 11) is 0. The molecule has 7 heteroatoms. The lowest BCUT2D eigenvalue weighted by Crippen LogP contribution is -2.60. The number of carbonyl (C=O) groups is 1. The van der Waals surface area contributed by atoms with Crippen molar-refractivity contribution in [2.24, 2.45) is 0 Å². The molecule has 88 valence electrons. The number of carbonyl (C=O) groups excluding carboxylic acids is 1. The molecule has 1 aliphatic heterocycles. The van der Waals surface area contributed by atoms with Crippen molar-refractivity contribution in [3.8, 4) is 0 Å². The smallest absolute Gasteiger partial charge is 0.217 e. The summed E-state index contributed by atoms with van der Waals surface area (Å²) in [6, 6.07) is -0.912. The lowest BCUT2D eigenvalue weighted by atomic mass is 10.0. The molecule has 0 aliphatic carbocycles. The molecule has 5 atom stereocenters. The molecule has 0 saturated carbocycles. The van der Waals surface area contributed by atoms with Crippen molar-refractivity contribution in [3.05, 3.63) is 0 Å². The number of hydrogen-bond donors (Lipinski definition) is 5. The first-order valence-electron chi connectivity index (χ1n) is 4.55. The van der Waals surface area contributed by atoms with Crippen LogP contribution in [-0.4, -0.2) is 61.9 Å². The van der Waals surface area contributed by atoms with Gasteiger partial charge in [0.05, 0.1) is 24.0 Å². The molecule has 15 heavy (non-hydrogen) atoms. The highest BCUT2D eigenvalue weighted by Gasteiger charge is 2.43. The van der Waals surface area contributed by atoms with E-state index in [0.717, 1.165) is 11.8 Å². The van der Waals surface area contributed by atoms with E-state index < -0.39 is 34.8 Å². The fourth-order valence-corrected chi connectivity index (χ4v) is 2.65. The Morgan fingerprint density at radius 2 is 1.93 bits per heavy atom. The summed E-state index contributed by atoms with van der Waals surface area (Å²) in [6.45, 7) is 0.918. The van der Waals surface area contributed by atoms with Gasteiger partial charge in [0, 0.05) is 6.92 Å². The zero-order chi connectivity index (χ0) is 11.6. The minimum atomic E-state index is -1.28. The first-order valence-corrected chi connectivity index (χ1v) is 5.49. The highest BCUT2D eigenvalue weighted by Crippen LogP contribution is 2.30. The Morgan fingerprint density at radius 3 is 2.40 bits per heavy atom. The Labute approximate surface area is 91.3 Å². The number of thioether (sulfide) groups is 1. The molecule has 1 amide bonds. The van der Waals surface area contributed by atoms with Crippen molar-refractivity contribution in [2.75, 3.05) is 6.61 Å². The summed E-state index contributed by atoms with van der Waals surface area (Å²) < 4.78 is 0. The van der Waals surface area contributed by atoms with Gasteiger partial charge in [-0.05, 0) is 0 Å². The van der Waals surface area contributed by atoms with Crippen molar-refractivity contribution in [1.29, 1.82) is 0 Å². The van der Waals surface area contributed by atoms with Gasteiger partial charge >= 0.3 is 0 Å². The molecule has 6 nitrogen and oxygen atoms in total. The molecule has 0 aromatic rings. The highest BCUT2D eigenvalue weighted by molar-refractivity contribution is 8.00. The number of nitrogens with one attached hydrogen (secondary N) is 1. The summed E-state index contributed by atoms with van der Waals surface area (Å²) in [5, 5.41) is 39.3. The Morgan fingerprint density at radius 1 is 1.33 bits per heavy atom. The average molecular weight is 237 g/mol. The van der Waals surface area contributed by atoms with Gasteiger partial charge in [-0.15, -0.1) is 11.8 Å². The van der Waals surface area contributed by atoms with Crippen molar-refractivity contribution < 1.29 is 25.2 Å². The zero-order valence-electron chi connectivity index (χ0n) is 8.20. The topological polar surface area (TPSA) is 110 Å². The van der Waals surface area contributed by atoms with Crippen LogP contribution in [0, 0.1) is 0 Å². The van der Waals surface area contributed by atoms with E-state index in [1.165, 1.54) is 6.92 Å².